The normalized spacial score (nSPS) is 17.0. The molecule has 152 valence electrons. The van der Waals surface area contributed by atoms with Crippen molar-refractivity contribution >= 4 is 17.3 Å². The monoisotopic (exact) mass is 402 g/mol. The van der Waals surface area contributed by atoms with Crippen molar-refractivity contribution in [2.75, 3.05) is 19.8 Å². The summed E-state index contributed by atoms with van der Waals surface area (Å²) in [6.07, 6.45) is 2.04. The maximum atomic E-state index is 6.18. The molecule has 7 heteroatoms. The fourth-order valence-corrected chi connectivity index (χ4v) is 3.70. The van der Waals surface area contributed by atoms with Gasteiger partial charge in [-0.25, -0.2) is 9.98 Å². The second kappa shape index (κ2) is 10.4. The molecule has 28 heavy (non-hydrogen) atoms. The summed E-state index contributed by atoms with van der Waals surface area (Å²) in [4.78, 5) is 9.35. The van der Waals surface area contributed by atoms with E-state index in [0.717, 1.165) is 54.0 Å². The van der Waals surface area contributed by atoms with Gasteiger partial charge in [0.25, 0.3) is 0 Å². The number of rotatable bonds is 8. The van der Waals surface area contributed by atoms with Crippen LogP contribution >= 0.6 is 11.3 Å². The van der Waals surface area contributed by atoms with Crippen LogP contribution in [0.2, 0.25) is 0 Å². The van der Waals surface area contributed by atoms with Crippen LogP contribution in [-0.2, 0) is 24.2 Å². The number of hydrogen-bond donors (Lipinski definition) is 2. The molecule has 1 atom stereocenters. The molecule has 0 aliphatic carbocycles. The number of aliphatic imine (C=N–C) groups is 1. The Hall–Kier alpha value is -2.12. The zero-order valence-corrected chi connectivity index (χ0v) is 17.8. The highest BCUT2D eigenvalue weighted by atomic mass is 32.1. The zero-order valence-electron chi connectivity index (χ0n) is 17.0. The number of nitrogens with one attached hydrogen (secondary N) is 2. The summed E-state index contributed by atoms with van der Waals surface area (Å²) >= 11 is 1.70. The first-order chi connectivity index (χ1) is 13.7. The second-order valence-electron chi connectivity index (χ2n) is 6.85. The summed E-state index contributed by atoms with van der Waals surface area (Å²) < 4.78 is 11.6. The van der Waals surface area contributed by atoms with Gasteiger partial charge in [0.15, 0.2) is 5.96 Å². The maximum Gasteiger partial charge on any atom is 0.191 e. The van der Waals surface area contributed by atoms with Crippen molar-refractivity contribution in [1.82, 2.24) is 15.6 Å². The summed E-state index contributed by atoms with van der Waals surface area (Å²) in [6.45, 7) is 9.73. The molecule has 0 amide bonds. The van der Waals surface area contributed by atoms with Crippen molar-refractivity contribution in [1.29, 1.82) is 0 Å². The maximum absolute atomic E-state index is 6.18. The molecule has 1 unspecified atom stereocenters. The number of benzene rings is 1. The van der Waals surface area contributed by atoms with E-state index in [4.69, 9.17) is 14.5 Å². The van der Waals surface area contributed by atoms with Gasteiger partial charge in [-0.2, -0.15) is 0 Å². The van der Waals surface area contributed by atoms with Gasteiger partial charge in [-0.3, -0.25) is 0 Å². The van der Waals surface area contributed by atoms with Crippen LogP contribution in [0, 0.1) is 6.92 Å². The number of aromatic nitrogens is 1. The molecule has 3 rings (SSSR count). The summed E-state index contributed by atoms with van der Waals surface area (Å²) in [5.41, 5.74) is 3.31. The lowest BCUT2D eigenvalue weighted by molar-refractivity contribution is 0.140. The van der Waals surface area contributed by atoms with Gasteiger partial charge in [0.2, 0.25) is 0 Å². The molecule has 1 aliphatic heterocycles. The van der Waals surface area contributed by atoms with Crippen molar-refractivity contribution < 1.29 is 9.47 Å². The van der Waals surface area contributed by atoms with E-state index in [1.807, 2.05) is 0 Å². The third-order valence-corrected chi connectivity index (χ3v) is 5.54. The van der Waals surface area contributed by atoms with E-state index < -0.39 is 0 Å². The van der Waals surface area contributed by atoms with Gasteiger partial charge in [0, 0.05) is 23.9 Å². The highest BCUT2D eigenvalue weighted by Gasteiger charge is 2.18. The quantitative estimate of drug-likeness (QED) is 0.523. The van der Waals surface area contributed by atoms with E-state index in [0.29, 0.717) is 19.7 Å². The number of guanidine groups is 1. The number of nitrogens with zero attached hydrogens (tertiary/aromatic N) is 2. The molecule has 1 fully saturated rings. The summed E-state index contributed by atoms with van der Waals surface area (Å²) in [5, 5.41) is 9.94. The molecule has 0 radical (unpaired) electrons. The number of thiazole rings is 1. The molecular weight excluding hydrogens is 372 g/mol. The minimum absolute atomic E-state index is 0.133. The molecule has 2 heterocycles. The molecule has 0 bridgehead atoms. The molecule has 1 aromatic carbocycles. The molecule has 1 saturated heterocycles. The first kappa shape index (κ1) is 20.6. The van der Waals surface area contributed by atoms with Gasteiger partial charge in [0.05, 0.1) is 37.0 Å². The van der Waals surface area contributed by atoms with Crippen LogP contribution in [0.5, 0.6) is 5.75 Å². The van der Waals surface area contributed by atoms with Crippen LogP contribution in [0.25, 0.3) is 0 Å². The molecule has 0 saturated carbocycles. The molecule has 2 aromatic rings. The smallest absolute Gasteiger partial charge is 0.191 e. The standard InChI is InChI=1S/C21H30N4O2S/c1-4-20-25-17(14-28-20)12-24-21(22-5-2)23-11-16-7-6-15(3)10-19(16)27-18-8-9-26-13-18/h6-7,10,14,18H,4-5,8-9,11-13H2,1-3H3,(H2,22,23,24). The van der Waals surface area contributed by atoms with Crippen LogP contribution in [0.4, 0.5) is 0 Å². The van der Waals surface area contributed by atoms with Crippen LogP contribution in [0.3, 0.4) is 0 Å². The van der Waals surface area contributed by atoms with Crippen molar-refractivity contribution in [3.05, 3.63) is 45.4 Å². The minimum Gasteiger partial charge on any atom is -0.488 e. The largest absolute Gasteiger partial charge is 0.488 e. The Kier molecular flexibility index (Phi) is 7.68. The van der Waals surface area contributed by atoms with Gasteiger partial charge < -0.3 is 20.1 Å². The minimum atomic E-state index is 0.133. The Morgan fingerprint density at radius 2 is 2.25 bits per heavy atom. The summed E-state index contributed by atoms with van der Waals surface area (Å²) in [5.74, 6) is 1.69. The first-order valence-corrected chi connectivity index (χ1v) is 10.8. The van der Waals surface area contributed by atoms with Crippen LogP contribution in [0.15, 0.2) is 28.6 Å². The van der Waals surface area contributed by atoms with Crippen molar-refractivity contribution in [3.8, 4) is 5.75 Å². The van der Waals surface area contributed by atoms with Crippen LogP contribution in [0.1, 0.15) is 42.1 Å². The van der Waals surface area contributed by atoms with Gasteiger partial charge in [-0.05, 0) is 31.9 Å². The highest BCUT2D eigenvalue weighted by molar-refractivity contribution is 7.09. The lowest BCUT2D eigenvalue weighted by Crippen LogP contribution is -2.36. The Bertz CT molecular complexity index is 784. The Morgan fingerprint density at radius 1 is 1.36 bits per heavy atom. The average molecular weight is 403 g/mol. The van der Waals surface area contributed by atoms with Gasteiger partial charge >= 0.3 is 0 Å². The predicted molar refractivity (Wildman–Crippen MR) is 114 cm³/mol. The van der Waals surface area contributed by atoms with Crippen molar-refractivity contribution in [3.63, 3.8) is 0 Å². The van der Waals surface area contributed by atoms with Crippen molar-refractivity contribution in [2.24, 2.45) is 4.99 Å². The predicted octanol–water partition coefficient (Wildman–Crippen LogP) is 3.44. The summed E-state index contributed by atoms with van der Waals surface area (Å²) in [7, 11) is 0. The van der Waals surface area contributed by atoms with E-state index in [-0.39, 0.29) is 6.10 Å². The zero-order chi connectivity index (χ0) is 19.8. The highest BCUT2D eigenvalue weighted by Crippen LogP contribution is 2.24. The molecule has 2 N–H and O–H groups in total. The number of ether oxygens (including phenoxy) is 2. The topological polar surface area (TPSA) is 67.8 Å². The van der Waals surface area contributed by atoms with Crippen molar-refractivity contribution in [2.45, 2.75) is 52.8 Å². The van der Waals surface area contributed by atoms with E-state index in [2.05, 4.69) is 60.0 Å². The lowest BCUT2D eigenvalue weighted by Gasteiger charge is -2.16. The fourth-order valence-electron chi connectivity index (χ4n) is 2.96. The Morgan fingerprint density at radius 3 is 2.96 bits per heavy atom. The molecule has 6 nitrogen and oxygen atoms in total. The average Bonchev–Trinajstić information content (AvgIpc) is 3.37. The third kappa shape index (κ3) is 5.94. The first-order valence-electron chi connectivity index (χ1n) is 9.97. The van der Waals surface area contributed by atoms with E-state index >= 15 is 0 Å². The Labute approximate surface area is 171 Å². The Balaban J connectivity index is 1.65. The van der Waals surface area contributed by atoms with Gasteiger partial charge in [-0.15, -0.1) is 11.3 Å². The van der Waals surface area contributed by atoms with Gasteiger partial charge in [-0.1, -0.05) is 19.1 Å². The SMILES string of the molecule is CCNC(=NCc1ccc(C)cc1OC1CCOC1)NCc1csc(CC)n1. The lowest BCUT2D eigenvalue weighted by atomic mass is 10.1. The van der Waals surface area contributed by atoms with E-state index in [1.165, 1.54) is 5.56 Å². The molecular formula is C21H30N4O2S. The molecule has 1 aliphatic rings. The second-order valence-corrected chi connectivity index (χ2v) is 7.79. The van der Waals surface area contributed by atoms with Gasteiger partial charge in [0.1, 0.15) is 11.9 Å². The fraction of sp³-hybridized carbons (Fsp3) is 0.524. The number of hydrogen-bond acceptors (Lipinski definition) is 5. The summed E-state index contributed by atoms with van der Waals surface area (Å²) in [6, 6.07) is 6.29. The van der Waals surface area contributed by atoms with E-state index in [9.17, 15) is 0 Å². The third-order valence-electron chi connectivity index (χ3n) is 4.49. The molecule has 1 aromatic heterocycles. The van der Waals surface area contributed by atoms with Crippen LogP contribution in [-0.4, -0.2) is 36.8 Å². The molecule has 0 spiro atoms. The van der Waals surface area contributed by atoms with Crippen LogP contribution < -0.4 is 15.4 Å². The number of aryl methyl sites for hydroxylation is 2. The van der Waals surface area contributed by atoms with E-state index in [1.54, 1.807) is 11.3 Å².